The summed E-state index contributed by atoms with van der Waals surface area (Å²) in [5.41, 5.74) is 0.738. The number of aromatic nitrogens is 2. The number of nitrogens with zero attached hydrogens (tertiary/aromatic N) is 2. The molecule has 0 bridgehead atoms. The van der Waals surface area contributed by atoms with E-state index in [-0.39, 0.29) is 11.7 Å². The number of rotatable bonds is 5. The second-order valence-corrected chi connectivity index (χ2v) is 5.24. The fourth-order valence-electron chi connectivity index (χ4n) is 2.14. The molecule has 0 aliphatic carbocycles. The Labute approximate surface area is 147 Å². The second-order valence-electron chi connectivity index (χ2n) is 5.24. The third-order valence-electron chi connectivity index (χ3n) is 3.43. The average molecular weight is 356 g/mol. The minimum absolute atomic E-state index is 0.244. The van der Waals surface area contributed by atoms with Crippen LogP contribution < -0.4 is 15.4 Å². The van der Waals surface area contributed by atoms with Crippen molar-refractivity contribution >= 4 is 23.2 Å². The predicted octanol–water partition coefficient (Wildman–Crippen LogP) is 3.76. The average Bonchev–Trinajstić information content (AvgIpc) is 2.66. The molecular formula is C18H14F2N4O2. The van der Waals surface area contributed by atoms with Crippen LogP contribution in [0.5, 0.6) is 5.75 Å². The summed E-state index contributed by atoms with van der Waals surface area (Å²) in [6.07, 6.45) is 0. The van der Waals surface area contributed by atoms with E-state index in [0.29, 0.717) is 22.8 Å². The molecule has 0 radical (unpaired) electrons. The van der Waals surface area contributed by atoms with Crippen LogP contribution in [0.15, 0.2) is 54.6 Å². The standard InChI is InChI=1S/C18H14F2N4O2/c1-26-13-4-2-3-11(9-13)18(25)22-17-8-7-16(23-24-17)21-12-5-6-14(19)15(20)10-12/h2-10H,1H3,(H,21,23)(H,22,24,25). The zero-order valence-electron chi connectivity index (χ0n) is 13.7. The normalized spacial score (nSPS) is 10.3. The maximum Gasteiger partial charge on any atom is 0.256 e. The lowest BCUT2D eigenvalue weighted by Gasteiger charge is -2.08. The van der Waals surface area contributed by atoms with Gasteiger partial charge in [0.05, 0.1) is 7.11 Å². The third-order valence-corrected chi connectivity index (χ3v) is 3.43. The number of ether oxygens (including phenoxy) is 1. The molecular weight excluding hydrogens is 342 g/mol. The van der Waals surface area contributed by atoms with Crippen molar-refractivity contribution in [2.24, 2.45) is 0 Å². The summed E-state index contributed by atoms with van der Waals surface area (Å²) in [6, 6.07) is 13.2. The van der Waals surface area contributed by atoms with E-state index in [0.717, 1.165) is 12.1 Å². The van der Waals surface area contributed by atoms with Crippen molar-refractivity contribution in [3.63, 3.8) is 0 Å². The van der Waals surface area contributed by atoms with Gasteiger partial charge >= 0.3 is 0 Å². The van der Waals surface area contributed by atoms with E-state index in [2.05, 4.69) is 20.8 Å². The Morgan fingerprint density at radius 1 is 0.962 bits per heavy atom. The molecule has 0 unspecified atom stereocenters. The molecule has 1 aromatic heterocycles. The van der Waals surface area contributed by atoms with Crippen LogP contribution in [-0.2, 0) is 0 Å². The molecule has 26 heavy (non-hydrogen) atoms. The molecule has 0 fully saturated rings. The Hall–Kier alpha value is -3.55. The minimum atomic E-state index is -0.967. The lowest BCUT2D eigenvalue weighted by Crippen LogP contribution is -2.13. The highest BCUT2D eigenvalue weighted by atomic mass is 19.2. The smallest absolute Gasteiger partial charge is 0.256 e. The van der Waals surface area contributed by atoms with Gasteiger partial charge in [0.25, 0.3) is 5.91 Å². The Morgan fingerprint density at radius 3 is 2.42 bits per heavy atom. The minimum Gasteiger partial charge on any atom is -0.497 e. The molecule has 1 amide bonds. The monoisotopic (exact) mass is 356 g/mol. The highest BCUT2D eigenvalue weighted by molar-refractivity contribution is 6.03. The topological polar surface area (TPSA) is 76.1 Å². The van der Waals surface area contributed by atoms with Gasteiger partial charge in [-0.3, -0.25) is 4.79 Å². The highest BCUT2D eigenvalue weighted by Gasteiger charge is 2.09. The molecule has 0 saturated carbocycles. The van der Waals surface area contributed by atoms with E-state index in [1.165, 1.54) is 19.2 Å². The molecule has 1 heterocycles. The molecule has 2 aromatic carbocycles. The highest BCUT2D eigenvalue weighted by Crippen LogP contribution is 2.18. The number of methoxy groups -OCH3 is 1. The number of hydrogen-bond acceptors (Lipinski definition) is 5. The first-order chi connectivity index (χ1) is 12.5. The first kappa shape index (κ1) is 17.3. The molecule has 0 spiro atoms. The van der Waals surface area contributed by atoms with Gasteiger partial charge < -0.3 is 15.4 Å². The number of halogens is 2. The molecule has 0 aliphatic heterocycles. The van der Waals surface area contributed by atoms with Gasteiger partial charge in [0.2, 0.25) is 0 Å². The first-order valence-electron chi connectivity index (χ1n) is 7.56. The van der Waals surface area contributed by atoms with Crippen LogP contribution in [0.3, 0.4) is 0 Å². The summed E-state index contributed by atoms with van der Waals surface area (Å²) in [7, 11) is 1.52. The molecule has 3 aromatic rings. The largest absolute Gasteiger partial charge is 0.497 e. The lowest BCUT2D eigenvalue weighted by atomic mass is 10.2. The SMILES string of the molecule is COc1cccc(C(=O)Nc2ccc(Nc3ccc(F)c(F)c3)nn2)c1. The van der Waals surface area contributed by atoms with E-state index in [1.54, 1.807) is 30.3 Å². The van der Waals surface area contributed by atoms with E-state index in [4.69, 9.17) is 4.74 Å². The van der Waals surface area contributed by atoms with Crippen LogP contribution in [0, 0.1) is 11.6 Å². The van der Waals surface area contributed by atoms with Gasteiger partial charge in [-0.1, -0.05) is 6.07 Å². The van der Waals surface area contributed by atoms with Crippen LogP contribution in [0.2, 0.25) is 0 Å². The quantitative estimate of drug-likeness (QED) is 0.728. The fraction of sp³-hybridized carbons (Fsp3) is 0.0556. The molecule has 2 N–H and O–H groups in total. The first-order valence-corrected chi connectivity index (χ1v) is 7.56. The van der Waals surface area contributed by atoms with Crippen LogP contribution >= 0.6 is 0 Å². The summed E-state index contributed by atoms with van der Waals surface area (Å²) in [5.74, 6) is -1.14. The Balaban J connectivity index is 1.67. The number of hydrogen-bond donors (Lipinski definition) is 2. The summed E-state index contributed by atoms with van der Waals surface area (Å²) in [5, 5.41) is 13.2. The van der Waals surface area contributed by atoms with E-state index in [1.807, 2.05) is 0 Å². The van der Waals surface area contributed by atoms with Gasteiger partial charge in [-0.05, 0) is 42.5 Å². The predicted molar refractivity (Wildman–Crippen MR) is 92.6 cm³/mol. The zero-order chi connectivity index (χ0) is 18.5. The van der Waals surface area contributed by atoms with Gasteiger partial charge in [0.1, 0.15) is 5.75 Å². The van der Waals surface area contributed by atoms with Gasteiger partial charge in [-0.25, -0.2) is 8.78 Å². The summed E-state index contributed by atoms with van der Waals surface area (Å²) >= 11 is 0. The summed E-state index contributed by atoms with van der Waals surface area (Å²) in [6.45, 7) is 0. The molecule has 3 rings (SSSR count). The molecule has 6 nitrogen and oxygen atoms in total. The van der Waals surface area contributed by atoms with Crippen molar-refractivity contribution in [2.45, 2.75) is 0 Å². The Kier molecular flexibility index (Phi) is 5.02. The number of anilines is 3. The number of nitrogens with one attached hydrogen (secondary N) is 2. The van der Waals surface area contributed by atoms with Crippen molar-refractivity contribution in [3.05, 3.63) is 71.8 Å². The summed E-state index contributed by atoms with van der Waals surface area (Å²) in [4.78, 5) is 12.2. The van der Waals surface area contributed by atoms with Gasteiger partial charge in [-0.2, -0.15) is 0 Å². The maximum absolute atomic E-state index is 13.2. The van der Waals surface area contributed by atoms with Crippen molar-refractivity contribution in [1.82, 2.24) is 10.2 Å². The van der Waals surface area contributed by atoms with Crippen LogP contribution in [0.25, 0.3) is 0 Å². The molecule has 0 saturated heterocycles. The van der Waals surface area contributed by atoms with Crippen molar-refractivity contribution in [3.8, 4) is 5.75 Å². The van der Waals surface area contributed by atoms with Crippen molar-refractivity contribution in [1.29, 1.82) is 0 Å². The fourth-order valence-corrected chi connectivity index (χ4v) is 2.14. The van der Waals surface area contributed by atoms with E-state index in [9.17, 15) is 13.6 Å². The lowest BCUT2D eigenvalue weighted by molar-refractivity contribution is 0.102. The molecule has 0 aliphatic rings. The van der Waals surface area contributed by atoms with E-state index >= 15 is 0 Å². The number of carbonyl (C=O) groups excluding carboxylic acids is 1. The Bertz CT molecular complexity index is 933. The van der Waals surface area contributed by atoms with Crippen molar-refractivity contribution < 1.29 is 18.3 Å². The molecule has 0 atom stereocenters. The number of carbonyl (C=O) groups is 1. The number of benzene rings is 2. The zero-order valence-corrected chi connectivity index (χ0v) is 13.7. The summed E-state index contributed by atoms with van der Waals surface area (Å²) < 4.78 is 31.2. The molecule has 132 valence electrons. The van der Waals surface area contributed by atoms with E-state index < -0.39 is 11.6 Å². The van der Waals surface area contributed by atoms with Gasteiger partial charge in [0, 0.05) is 17.3 Å². The third kappa shape index (κ3) is 4.10. The van der Waals surface area contributed by atoms with Crippen molar-refractivity contribution in [2.75, 3.05) is 17.7 Å². The second kappa shape index (κ2) is 7.56. The van der Waals surface area contributed by atoms with Crippen LogP contribution in [-0.4, -0.2) is 23.2 Å². The van der Waals surface area contributed by atoms with Gasteiger partial charge in [-0.15, -0.1) is 10.2 Å². The Morgan fingerprint density at radius 2 is 1.73 bits per heavy atom. The maximum atomic E-state index is 13.2. The number of amides is 1. The molecule has 8 heteroatoms. The van der Waals surface area contributed by atoms with Gasteiger partial charge in [0.15, 0.2) is 23.3 Å². The van der Waals surface area contributed by atoms with Crippen LogP contribution in [0.4, 0.5) is 26.1 Å². The van der Waals surface area contributed by atoms with Crippen LogP contribution in [0.1, 0.15) is 10.4 Å².